The fraction of sp³-hybridized carbons (Fsp3) is 0.762. The van der Waals surface area contributed by atoms with E-state index in [0.717, 1.165) is 25.7 Å². The van der Waals surface area contributed by atoms with Crippen molar-refractivity contribution < 1.29 is 32.0 Å². The SMILES string of the molecule is CCCCCCCCCCCCC/C=C/C=C/C(=O)OCCN(CCOC(=O)/C=C/C=C/CCCCCCCCCCCCC)C(C)S(=O)(=O)O. The third kappa shape index (κ3) is 34.6. The van der Waals surface area contributed by atoms with Gasteiger partial charge in [-0.05, 0) is 32.6 Å². The molecule has 0 aliphatic carbocycles. The standard InChI is InChI=1S/C42H75NO7S/c1-4-6-8-10-12-14-16-18-20-22-24-26-28-30-32-34-41(44)49-38-36-43(40(3)51(46,47)48)37-39-50-42(45)35-33-31-29-27-25-23-21-19-17-15-13-11-9-7-5-2/h28-35,40H,4-27,36-39H2,1-3H3,(H,46,47,48)/b30-28+,31-29+,34-32+,35-33+. The fourth-order valence-corrected chi connectivity index (χ4v) is 6.35. The van der Waals surface area contributed by atoms with Gasteiger partial charge in [-0.25, -0.2) is 9.59 Å². The second-order valence-corrected chi connectivity index (χ2v) is 15.4. The summed E-state index contributed by atoms with van der Waals surface area (Å²) >= 11 is 0. The van der Waals surface area contributed by atoms with Gasteiger partial charge in [-0.2, -0.15) is 8.42 Å². The van der Waals surface area contributed by atoms with Crippen molar-refractivity contribution in [3.63, 3.8) is 0 Å². The number of carbonyl (C=O) groups excluding carboxylic acids is 2. The van der Waals surface area contributed by atoms with Crippen LogP contribution in [0.25, 0.3) is 0 Å². The Morgan fingerprint density at radius 3 is 1.18 bits per heavy atom. The van der Waals surface area contributed by atoms with Gasteiger partial charge < -0.3 is 9.47 Å². The number of allylic oxidation sites excluding steroid dienone is 6. The van der Waals surface area contributed by atoms with Crippen LogP contribution in [0.4, 0.5) is 0 Å². The third-order valence-electron chi connectivity index (χ3n) is 9.10. The van der Waals surface area contributed by atoms with Crippen molar-refractivity contribution in [1.82, 2.24) is 4.90 Å². The highest BCUT2D eigenvalue weighted by Gasteiger charge is 2.25. The van der Waals surface area contributed by atoms with Crippen molar-refractivity contribution in [3.8, 4) is 0 Å². The number of unbranched alkanes of at least 4 members (excludes halogenated alkanes) is 22. The van der Waals surface area contributed by atoms with Gasteiger partial charge in [-0.15, -0.1) is 0 Å². The zero-order chi connectivity index (χ0) is 37.7. The van der Waals surface area contributed by atoms with E-state index < -0.39 is 27.4 Å². The summed E-state index contributed by atoms with van der Waals surface area (Å²) in [6.07, 6.45) is 44.4. The van der Waals surface area contributed by atoms with Gasteiger partial charge in [0.25, 0.3) is 10.1 Å². The van der Waals surface area contributed by atoms with Crippen molar-refractivity contribution in [2.75, 3.05) is 26.3 Å². The van der Waals surface area contributed by atoms with E-state index in [4.69, 9.17) is 9.47 Å². The monoisotopic (exact) mass is 738 g/mol. The van der Waals surface area contributed by atoms with E-state index in [1.807, 2.05) is 24.3 Å². The van der Waals surface area contributed by atoms with Gasteiger partial charge in [-0.3, -0.25) is 9.45 Å². The molecule has 51 heavy (non-hydrogen) atoms. The molecular formula is C42H75NO7S. The van der Waals surface area contributed by atoms with E-state index in [2.05, 4.69) is 13.8 Å². The molecule has 296 valence electrons. The summed E-state index contributed by atoms with van der Waals surface area (Å²) < 4.78 is 43.5. The summed E-state index contributed by atoms with van der Waals surface area (Å²) in [4.78, 5) is 25.6. The van der Waals surface area contributed by atoms with Crippen molar-refractivity contribution >= 4 is 22.1 Å². The number of carbonyl (C=O) groups is 2. The van der Waals surface area contributed by atoms with Crippen LogP contribution in [0.2, 0.25) is 0 Å². The predicted octanol–water partition coefficient (Wildman–Crippen LogP) is 11.2. The second kappa shape index (κ2) is 36.1. The summed E-state index contributed by atoms with van der Waals surface area (Å²) in [5, 5.41) is -1.25. The summed E-state index contributed by atoms with van der Waals surface area (Å²) in [5.74, 6) is -1.08. The minimum absolute atomic E-state index is 0.0460. The molecule has 0 heterocycles. The van der Waals surface area contributed by atoms with Gasteiger partial charge in [0.05, 0.1) is 0 Å². The average molecular weight is 738 g/mol. The van der Waals surface area contributed by atoms with Crippen LogP contribution in [0.15, 0.2) is 48.6 Å². The van der Waals surface area contributed by atoms with Crippen LogP contribution in [0.5, 0.6) is 0 Å². The normalized spacial score (nSPS) is 13.0. The smallest absolute Gasteiger partial charge is 0.330 e. The quantitative estimate of drug-likeness (QED) is 0.0222. The molecule has 0 aliphatic heterocycles. The van der Waals surface area contributed by atoms with Crippen molar-refractivity contribution in [2.24, 2.45) is 0 Å². The first kappa shape index (κ1) is 48.8. The molecule has 1 unspecified atom stereocenters. The van der Waals surface area contributed by atoms with Crippen LogP contribution in [-0.4, -0.2) is 61.5 Å². The lowest BCUT2D eigenvalue weighted by Gasteiger charge is -2.26. The molecule has 0 bridgehead atoms. The number of esters is 2. The van der Waals surface area contributed by atoms with Crippen LogP contribution in [-0.2, 0) is 29.2 Å². The number of rotatable bonds is 36. The van der Waals surface area contributed by atoms with Gasteiger partial charge in [0, 0.05) is 25.2 Å². The number of ether oxygens (including phenoxy) is 2. The molecule has 0 radical (unpaired) electrons. The summed E-state index contributed by atoms with van der Waals surface area (Å²) in [6.45, 7) is 5.76. The molecule has 0 aromatic carbocycles. The van der Waals surface area contributed by atoms with Crippen molar-refractivity contribution in [1.29, 1.82) is 0 Å². The Morgan fingerprint density at radius 1 is 0.549 bits per heavy atom. The molecule has 0 rings (SSSR count). The molecule has 0 amide bonds. The van der Waals surface area contributed by atoms with E-state index in [9.17, 15) is 22.6 Å². The predicted molar refractivity (Wildman–Crippen MR) is 213 cm³/mol. The Bertz CT molecular complexity index is 987. The lowest BCUT2D eigenvalue weighted by Crippen LogP contribution is -2.42. The van der Waals surface area contributed by atoms with E-state index in [1.165, 1.54) is 152 Å². The highest BCUT2D eigenvalue weighted by atomic mass is 32.2. The first-order valence-electron chi connectivity index (χ1n) is 20.4. The summed E-state index contributed by atoms with van der Waals surface area (Å²) in [7, 11) is -4.38. The first-order chi connectivity index (χ1) is 24.7. The van der Waals surface area contributed by atoms with Gasteiger partial charge in [0.2, 0.25) is 0 Å². The van der Waals surface area contributed by atoms with Crippen LogP contribution in [0, 0.1) is 0 Å². The molecule has 0 aliphatic rings. The summed E-state index contributed by atoms with van der Waals surface area (Å²) in [5.41, 5.74) is 0. The zero-order valence-corrected chi connectivity index (χ0v) is 33.6. The van der Waals surface area contributed by atoms with Gasteiger partial charge in [-0.1, -0.05) is 179 Å². The Kier molecular flexibility index (Phi) is 34.6. The molecule has 0 aromatic heterocycles. The van der Waals surface area contributed by atoms with Crippen LogP contribution in [0.1, 0.15) is 175 Å². The lowest BCUT2D eigenvalue weighted by molar-refractivity contribution is -0.138. The zero-order valence-electron chi connectivity index (χ0n) is 32.7. The Labute approximate surface area is 313 Å². The van der Waals surface area contributed by atoms with Crippen LogP contribution >= 0.6 is 0 Å². The third-order valence-corrected chi connectivity index (χ3v) is 10.3. The van der Waals surface area contributed by atoms with E-state index >= 15 is 0 Å². The van der Waals surface area contributed by atoms with E-state index in [-0.39, 0.29) is 26.3 Å². The highest BCUT2D eigenvalue weighted by molar-refractivity contribution is 7.86. The largest absolute Gasteiger partial charge is 0.461 e. The van der Waals surface area contributed by atoms with E-state index in [1.54, 1.807) is 12.2 Å². The molecule has 0 spiro atoms. The Morgan fingerprint density at radius 2 is 0.863 bits per heavy atom. The number of hydrogen-bond donors (Lipinski definition) is 1. The average Bonchev–Trinajstić information content (AvgIpc) is 3.10. The maximum atomic E-state index is 12.1. The van der Waals surface area contributed by atoms with Gasteiger partial charge in [0.15, 0.2) is 0 Å². The van der Waals surface area contributed by atoms with Gasteiger partial charge >= 0.3 is 11.9 Å². The molecular weight excluding hydrogens is 663 g/mol. The van der Waals surface area contributed by atoms with Crippen molar-refractivity contribution in [3.05, 3.63) is 48.6 Å². The van der Waals surface area contributed by atoms with Crippen molar-refractivity contribution in [2.45, 2.75) is 180 Å². The van der Waals surface area contributed by atoms with Gasteiger partial charge in [0.1, 0.15) is 18.6 Å². The maximum Gasteiger partial charge on any atom is 0.330 e. The van der Waals surface area contributed by atoms with Crippen LogP contribution < -0.4 is 0 Å². The number of hydrogen-bond acceptors (Lipinski definition) is 7. The first-order valence-corrected chi connectivity index (χ1v) is 21.9. The lowest BCUT2D eigenvalue weighted by atomic mass is 10.1. The minimum atomic E-state index is -4.38. The maximum absolute atomic E-state index is 12.1. The Hall–Kier alpha value is -2.23. The molecule has 0 saturated carbocycles. The van der Waals surface area contributed by atoms with E-state index in [0.29, 0.717) is 0 Å². The summed E-state index contributed by atoms with van der Waals surface area (Å²) in [6, 6.07) is 0. The second-order valence-electron chi connectivity index (χ2n) is 13.7. The van der Waals surface area contributed by atoms with Crippen LogP contribution in [0.3, 0.4) is 0 Å². The molecule has 0 fully saturated rings. The Balaban J connectivity index is 4.14. The molecule has 1 N–H and O–H groups in total. The topological polar surface area (TPSA) is 110 Å². The molecule has 8 nitrogen and oxygen atoms in total. The highest BCUT2D eigenvalue weighted by Crippen LogP contribution is 2.13. The molecule has 0 saturated heterocycles. The molecule has 0 aromatic rings. The fourth-order valence-electron chi connectivity index (χ4n) is 5.76. The molecule has 9 heteroatoms. The minimum Gasteiger partial charge on any atom is -0.461 e. The number of nitrogens with zero attached hydrogens (tertiary/aromatic N) is 1. The molecule has 1 atom stereocenters.